The van der Waals surface area contributed by atoms with Crippen LogP contribution >= 0.6 is 35.3 Å². The van der Waals surface area contributed by atoms with Gasteiger partial charge in [-0.25, -0.2) is 4.98 Å². The van der Waals surface area contributed by atoms with Crippen molar-refractivity contribution in [2.24, 2.45) is 0 Å². The molecule has 0 saturated heterocycles. The predicted octanol–water partition coefficient (Wildman–Crippen LogP) is 2.92. The molecule has 0 radical (unpaired) electrons. The van der Waals surface area contributed by atoms with Crippen molar-refractivity contribution in [3.05, 3.63) is 15.6 Å². The van der Waals surface area contributed by atoms with Gasteiger partial charge in [0.1, 0.15) is 0 Å². The monoisotopic (exact) mass is 197 g/mol. The maximum atomic E-state index is 5.59. The Morgan fingerprint density at radius 1 is 1.50 bits per heavy atom. The van der Waals surface area contributed by atoms with Crippen LogP contribution < -0.4 is 0 Å². The van der Waals surface area contributed by atoms with Crippen molar-refractivity contribution in [1.82, 2.24) is 4.98 Å². The van der Waals surface area contributed by atoms with E-state index in [2.05, 4.69) is 4.98 Å². The Labute approximate surface area is 75.8 Å². The van der Waals surface area contributed by atoms with Gasteiger partial charge in [-0.15, -0.1) is 35.3 Å². The highest BCUT2D eigenvalue weighted by Gasteiger charge is 2.00. The SMILES string of the molecule is Cc1nc(CCl)c(C)s1.Cl. The Morgan fingerprint density at radius 2 is 2.10 bits per heavy atom. The number of nitrogens with zero attached hydrogens (tertiary/aromatic N) is 1. The third-order valence-electron chi connectivity index (χ3n) is 1.13. The first-order chi connectivity index (χ1) is 4.24. The molecule has 58 valence electrons. The molecule has 0 fully saturated rings. The van der Waals surface area contributed by atoms with E-state index in [9.17, 15) is 0 Å². The fourth-order valence-corrected chi connectivity index (χ4v) is 1.87. The van der Waals surface area contributed by atoms with E-state index in [4.69, 9.17) is 11.6 Å². The highest BCUT2D eigenvalue weighted by atomic mass is 35.5. The van der Waals surface area contributed by atoms with E-state index in [1.165, 1.54) is 4.88 Å². The Kier molecular flexibility index (Phi) is 4.25. The van der Waals surface area contributed by atoms with Gasteiger partial charge in [0.05, 0.1) is 16.6 Å². The summed E-state index contributed by atoms with van der Waals surface area (Å²) in [6.07, 6.45) is 0. The fourth-order valence-electron chi connectivity index (χ4n) is 0.696. The molecule has 10 heavy (non-hydrogen) atoms. The van der Waals surface area contributed by atoms with E-state index in [1.54, 1.807) is 11.3 Å². The number of hydrogen-bond donors (Lipinski definition) is 0. The minimum atomic E-state index is 0. The summed E-state index contributed by atoms with van der Waals surface area (Å²) in [5, 5.41) is 1.10. The summed E-state index contributed by atoms with van der Waals surface area (Å²) in [5.74, 6) is 0.538. The summed E-state index contributed by atoms with van der Waals surface area (Å²) < 4.78 is 0. The Morgan fingerprint density at radius 3 is 2.30 bits per heavy atom. The minimum absolute atomic E-state index is 0. The molecule has 0 unspecified atom stereocenters. The third-order valence-corrected chi connectivity index (χ3v) is 2.31. The van der Waals surface area contributed by atoms with Crippen LogP contribution in [0.2, 0.25) is 0 Å². The molecule has 0 N–H and O–H groups in total. The van der Waals surface area contributed by atoms with Gasteiger partial charge < -0.3 is 0 Å². The zero-order valence-electron chi connectivity index (χ0n) is 5.85. The normalized spacial score (nSPS) is 9.10. The molecule has 0 aliphatic rings. The molecule has 0 atom stereocenters. The van der Waals surface area contributed by atoms with Gasteiger partial charge in [-0.3, -0.25) is 0 Å². The Bertz CT molecular complexity index is 210. The zero-order chi connectivity index (χ0) is 6.85. The second-order valence-electron chi connectivity index (χ2n) is 1.87. The van der Waals surface area contributed by atoms with Crippen molar-refractivity contribution in [2.75, 3.05) is 0 Å². The van der Waals surface area contributed by atoms with Gasteiger partial charge >= 0.3 is 0 Å². The highest BCUT2D eigenvalue weighted by molar-refractivity contribution is 7.11. The zero-order valence-corrected chi connectivity index (χ0v) is 8.24. The Balaban J connectivity index is 0.000000810. The van der Waals surface area contributed by atoms with Crippen molar-refractivity contribution in [3.63, 3.8) is 0 Å². The number of hydrogen-bond acceptors (Lipinski definition) is 2. The summed E-state index contributed by atoms with van der Waals surface area (Å²) in [6, 6.07) is 0. The number of aryl methyl sites for hydroxylation is 2. The van der Waals surface area contributed by atoms with E-state index in [-0.39, 0.29) is 12.4 Å². The van der Waals surface area contributed by atoms with Crippen LogP contribution in [-0.2, 0) is 5.88 Å². The van der Waals surface area contributed by atoms with Crippen LogP contribution in [0.3, 0.4) is 0 Å². The lowest BCUT2D eigenvalue weighted by atomic mass is 10.4. The molecule has 1 heterocycles. The quantitative estimate of drug-likeness (QED) is 0.632. The van der Waals surface area contributed by atoms with Crippen molar-refractivity contribution in [3.8, 4) is 0 Å². The molecule has 1 nitrogen and oxygen atoms in total. The molecule has 0 aliphatic carbocycles. The summed E-state index contributed by atoms with van der Waals surface area (Å²) >= 11 is 7.29. The average Bonchev–Trinajstić information content (AvgIpc) is 2.10. The van der Waals surface area contributed by atoms with E-state index in [0.29, 0.717) is 5.88 Å². The average molecular weight is 198 g/mol. The molecule has 0 spiro atoms. The first-order valence-electron chi connectivity index (χ1n) is 2.73. The summed E-state index contributed by atoms with van der Waals surface area (Å²) in [4.78, 5) is 5.45. The summed E-state index contributed by atoms with van der Waals surface area (Å²) in [5.41, 5.74) is 1.03. The molecular formula is C6H9Cl2NS. The van der Waals surface area contributed by atoms with Gasteiger partial charge in [0.15, 0.2) is 0 Å². The fraction of sp³-hybridized carbons (Fsp3) is 0.500. The number of thiazole rings is 1. The first-order valence-corrected chi connectivity index (χ1v) is 4.08. The van der Waals surface area contributed by atoms with Gasteiger partial charge in [-0.1, -0.05) is 0 Å². The van der Waals surface area contributed by atoms with Crippen LogP contribution in [0, 0.1) is 13.8 Å². The van der Waals surface area contributed by atoms with Gasteiger partial charge in [-0.2, -0.15) is 0 Å². The van der Waals surface area contributed by atoms with Crippen LogP contribution in [0.5, 0.6) is 0 Å². The maximum Gasteiger partial charge on any atom is 0.0900 e. The summed E-state index contributed by atoms with van der Waals surface area (Å²) in [7, 11) is 0. The molecule has 1 aromatic heterocycles. The molecule has 0 bridgehead atoms. The second kappa shape index (κ2) is 4.16. The minimum Gasteiger partial charge on any atom is -0.245 e. The lowest BCUT2D eigenvalue weighted by Gasteiger charge is -1.84. The number of alkyl halides is 1. The van der Waals surface area contributed by atoms with Crippen molar-refractivity contribution < 1.29 is 0 Å². The van der Waals surface area contributed by atoms with Crippen molar-refractivity contribution in [1.29, 1.82) is 0 Å². The van der Waals surface area contributed by atoms with Crippen LogP contribution in [0.15, 0.2) is 0 Å². The maximum absolute atomic E-state index is 5.59. The standard InChI is InChI=1S/C6H8ClNS.ClH/c1-4-6(3-7)8-5(2)9-4;/h3H2,1-2H3;1H. The molecule has 0 aliphatic heterocycles. The van der Waals surface area contributed by atoms with E-state index >= 15 is 0 Å². The smallest absolute Gasteiger partial charge is 0.0900 e. The van der Waals surface area contributed by atoms with E-state index in [0.717, 1.165) is 10.7 Å². The number of halogens is 2. The van der Waals surface area contributed by atoms with Gasteiger partial charge in [-0.05, 0) is 13.8 Å². The first kappa shape index (κ1) is 10.2. The van der Waals surface area contributed by atoms with Crippen molar-refractivity contribution in [2.45, 2.75) is 19.7 Å². The molecule has 1 aromatic rings. The van der Waals surface area contributed by atoms with E-state index in [1.807, 2.05) is 13.8 Å². The van der Waals surface area contributed by atoms with Crippen molar-refractivity contribution >= 4 is 35.3 Å². The van der Waals surface area contributed by atoms with E-state index < -0.39 is 0 Å². The molecule has 0 amide bonds. The van der Waals surface area contributed by atoms with Crippen LogP contribution in [0.25, 0.3) is 0 Å². The predicted molar refractivity (Wildman–Crippen MR) is 48.4 cm³/mol. The second-order valence-corrected chi connectivity index (χ2v) is 3.54. The number of rotatable bonds is 1. The lowest BCUT2D eigenvalue weighted by Crippen LogP contribution is -1.78. The Hall–Kier alpha value is 0.210. The topological polar surface area (TPSA) is 12.9 Å². The van der Waals surface area contributed by atoms with Crippen LogP contribution in [0.4, 0.5) is 0 Å². The highest BCUT2D eigenvalue weighted by Crippen LogP contribution is 2.17. The number of aromatic nitrogens is 1. The van der Waals surface area contributed by atoms with Gasteiger partial charge in [0.2, 0.25) is 0 Å². The van der Waals surface area contributed by atoms with Gasteiger partial charge in [0, 0.05) is 4.88 Å². The van der Waals surface area contributed by atoms with Crippen LogP contribution in [-0.4, -0.2) is 4.98 Å². The molecular weight excluding hydrogens is 189 g/mol. The van der Waals surface area contributed by atoms with Gasteiger partial charge in [0.25, 0.3) is 0 Å². The largest absolute Gasteiger partial charge is 0.245 e. The molecule has 4 heteroatoms. The molecule has 0 aromatic carbocycles. The lowest BCUT2D eigenvalue weighted by molar-refractivity contribution is 1.15. The van der Waals surface area contributed by atoms with Crippen LogP contribution in [0.1, 0.15) is 15.6 Å². The third kappa shape index (κ3) is 2.11. The molecule has 0 saturated carbocycles. The molecule has 1 rings (SSSR count). The summed E-state index contributed by atoms with van der Waals surface area (Å²) in [6.45, 7) is 4.04.